The lowest BCUT2D eigenvalue weighted by molar-refractivity contribution is -0.126. The van der Waals surface area contributed by atoms with E-state index < -0.39 is 0 Å². The van der Waals surface area contributed by atoms with E-state index in [9.17, 15) is 14.4 Å². The second kappa shape index (κ2) is 8.30. The number of piperidine rings is 1. The summed E-state index contributed by atoms with van der Waals surface area (Å²) in [5.41, 5.74) is 4.29. The van der Waals surface area contributed by atoms with E-state index in [4.69, 9.17) is 4.42 Å². The zero-order valence-corrected chi connectivity index (χ0v) is 15.8. The number of nitrogens with zero attached hydrogens (tertiary/aromatic N) is 2. The van der Waals surface area contributed by atoms with Crippen LogP contribution in [0.5, 0.6) is 0 Å². The van der Waals surface area contributed by atoms with E-state index in [1.807, 2.05) is 30.3 Å². The van der Waals surface area contributed by atoms with Crippen molar-refractivity contribution in [2.75, 3.05) is 13.1 Å². The predicted octanol–water partition coefficient (Wildman–Crippen LogP) is 1.66. The Labute approximate surface area is 167 Å². The summed E-state index contributed by atoms with van der Waals surface area (Å²) < 4.78 is 5.01. The van der Waals surface area contributed by atoms with Crippen LogP contribution in [0, 0.1) is 0 Å². The number of hydrogen-bond donors (Lipinski definition) is 2. The van der Waals surface area contributed by atoms with Crippen molar-refractivity contribution in [3.63, 3.8) is 0 Å². The average molecular weight is 394 g/mol. The Kier molecular flexibility index (Phi) is 5.41. The number of furan rings is 1. The number of benzene rings is 1. The summed E-state index contributed by atoms with van der Waals surface area (Å²) in [4.78, 5) is 38.5. The second-order valence-electron chi connectivity index (χ2n) is 7.24. The minimum atomic E-state index is -0.253. The third kappa shape index (κ3) is 4.21. The largest absolute Gasteiger partial charge is 0.472 e. The Bertz CT molecular complexity index is 923. The molecule has 2 aromatic rings. The number of carbonyl (C=O) groups excluding carboxylic acids is 3. The number of carbonyl (C=O) groups is 3. The number of nitrogens with one attached hydrogen (secondary N) is 2. The minimum absolute atomic E-state index is 0.0871. The first-order valence-electron chi connectivity index (χ1n) is 9.64. The van der Waals surface area contributed by atoms with E-state index >= 15 is 0 Å². The summed E-state index contributed by atoms with van der Waals surface area (Å²) >= 11 is 0. The van der Waals surface area contributed by atoms with Crippen molar-refractivity contribution >= 4 is 23.4 Å². The molecule has 4 rings (SSSR count). The van der Waals surface area contributed by atoms with Crippen molar-refractivity contribution in [2.45, 2.75) is 31.2 Å². The van der Waals surface area contributed by atoms with E-state index in [2.05, 4.69) is 15.8 Å². The van der Waals surface area contributed by atoms with Gasteiger partial charge in [0.2, 0.25) is 5.91 Å². The molecule has 8 heteroatoms. The van der Waals surface area contributed by atoms with E-state index in [1.54, 1.807) is 11.0 Å². The van der Waals surface area contributed by atoms with Crippen molar-refractivity contribution in [1.82, 2.24) is 15.6 Å². The third-order valence-corrected chi connectivity index (χ3v) is 5.38. The maximum atomic E-state index is 12.9. The van der Waals surface area contributed by atoms with Gasteiger partial charge in [0.15, 0.2) is 0 Å². The fourth-order valence-corrected chi connectivity index (χ4v) is 3.84. The molecule has 150 valence electrons. The molecule has 2 atom stereocenters. The summed E-state index contributed by atoms with van der Waals surface area (Å²) in [5.74, 6) is -0.529. The summed E-state index contributed by atoms with van der Waals surface area (Å²) in [5, 5.41) is 6.98. The highest BCUT2D eigenvalue weighted by molar-refractivity contribution is 6.39. The van der Waals surface area contributed by atoms with Gasteiger partial charge in [-0.1, -0.05) is 30.3 Å². The van der Waals surface area contributed by atoms with E-state index in [0.29, 0.717) is 37.2 Å². The fourth-order valence-electron chi connectivity index (χ4n) is 3.84. The molecule has 2 aliphatic rings. The average Bonchev–Trinajstić information content (AvgIpc) is 3.29. The molecular weight excluding hydrogens is 372 g/mol. The molecule has 1 fully saturated rings. The van der Waals surface area contributed by atoms with Gasteiger partial charge in [-0.15, -0.1) is 0 Å². The van der Waals surface area contributed by atoms with Crippen molar-refractivity contribution in [3.8, 4) is 0 Å². The summed E-state index contributed by atoms with van der Waals surface area (Å²) in [7, 11) is 0. The van der Waals surface area contributed by atoms with Crippen molar-refractivity contribution in [3.05, 3.63) is 60.1 Å². The summed E-state index contributed by atoms with van der Waals surface area (Å²) in [6.07, 6.45) is 4.15. The van der Waals surface area contributed by atoms with Crippen LogP contribution in [0.4, 0.5) is 0 Å². The van der Waals surface area contributed by atoms with Crippen LogP contribution in [0.25, 0.3) is 0 Å². The molecule has 2 N–H and O–H groups in total. The number of hydrazone groups is 1. The van der Waals surface area contributed by atoms with Crippen LogP contribution in [0.2, 0.25) is 0 Å². The molecule has 0 unspecified atom stereocenters. The maximum Gasteiger partial charge on any atom is 0.270 e. The molecular formula is C21H22N4O4. The Balaban J connectivity index is 1.53. The fraction of sp³-hybridized carbons (Fsp3) is 0.333. The normalized spacial score (nSPS) is 21.9. The van der Waals surface area contributed by atoms with Gasteiger partial charge in [0.05, 0.1) is 17.9 Å². The molecule has 8 nitrogen and oxygen atoms in total. The van der Waals surface area contributed by atoms with Crippen LogP contribution in [-0.2, 0) is 9.59 Å². The highest BCUT2D eigenvalue weighted by Gasteiger charge is 2.35. The Hall–Kier alpha value is -3.42. The van der Waals surface area contributed by atoms with Crippen molar-refractivity contribution in [1.29, 1.82) is 0 Å². The van der Waals surface area contributed by atoms with Crippen LogP contribution in [0.15, 0.2) is 58.4 Å². The van der Waals surface area contributed by atoms with E-state index in [-0.39, 0.29) is 36.1 Å². The topological polar surface area (TPSA) is 104 Å². The van der Waals surface area contributed by atoms with Crippen LogP contribution in [0.1, 0.15) is 41.1 Å². The minimum Gasteiger partial charge on any atom is -0.472 e. The SMILES string of the molecule is O=C1CCC(C(=O)N2CC[C@@H](c3ccccc3)[C@@H](NC(=O)c3ccoc3)C2)=NN1. The molecule has 0 radical (unpaired) electrons. The maximum absolute atomic E-state index is 12.9. The van der Waals surface area contributed by atoms with Gasteiger partial charge in [-0.25, -0.2) is 5.43 Å². The van der Waals surface area contributed by atoms with Gasteiger partial charge in [0, 0.05) is 31.8 Å². The molecule has 0 bridgehead atoms. The smallest absolute Gasteiger partial charge is 0.270 e. The molecule has 1 aromatic heterocycles. The van der Waals surface area contributed by atoms with Gasteiger partial charge in [0.1, 0.15) is 12.0 Å². The lowest BCUT2D eigenvalue weighted by Gasteiger charge is -2.39. The molecule has 1 aromatic carbocycles. The first kappa shape index (κ1) is 18.9. The molecule has 29 heavy (non-hydrogen) atoms. The molecule has 0 aliphatic carbocycles. The van der Waals surface area contributed by atoms with Gasteiger partial charge < -0.3 is 14.6 Å². The van der Waals surface area contributed by atoms with Crippen LogP contribution < -0.4 is 10.7 Å². The standard InChI is InChI=1S/C21H22N4O4/c26-19-7-6-17(23-24-19)21(28)25-10-8-16(14-4-2-1-3-5-14)18(12-25)22-20(27)15-9-11-29-13-15/h1-5,9,11,13,16,18H,6-8,10,12H2,(H,22,27)(H,24,26)/t16-,18-/m0/s1. The Morgan fingerprint density at radius 2 is 2.00 bits per heavy atom. The van der Waals surface area contributed by atoms with Crippen molar-refractivity contribution < 1.29 is 18.8 Å². The zero-order valence-electron chi connectivity index (χ0n) is 15.8. The summed E-state index contributed by atoms with van der Waals surface area (Å²) in [6, 6.07) is 11.3. The molecule has 0 saturated carbocycles. The van der Waals surface area contributed by atoms with Gasteiger partial charge in [-0.05, 0) is 18.1 Å². The van der Waals surface area contributed by atoms with E-state index in [0.717, 1.165) is 5.56 Å². The highest BCUT2D eigenvalue weighted by atomic mass is 16.3. The lowest BCUT2D eigenvalue weighted by atomic mass is 9.85. The Morgan fingerprint density at radius 1 is 1.17 bits per heavy atom. The molecule has 3 heterocycles. The molecule has 1 saturated heterocycles. The predicted molar refractivity (Wildman–Crippen MR) is 105 cm³/mol. The quantitative estimate of drug-likeness (QED) is 0.823. The number of amides is 3. The zero-order chi connectivity index (χ0) is 20.2. The van der Waals surface area contributed by atoms with Gasteiger partial charge >= 0.3 is 0 Å². The monoisotopic (exact) mass is 394 g/mol. The first-order valence-corrected chi connectivity index (χ1v) is 9.64. The van der Waals surface area contributed by atoms with Gasteiger partial charge in [-0.3, -0.25) is 14.4 Å². The number of hydrogen-bond acceptors (Lipinski definition) is 5. The van der Waals surface area contributed by atoms with Gasteiger partial charge in [0.25, 0.3) is 11.8 Å². The van der Waals surface area contributed by atoms with Crippen LogP contribution in [0.3, 0.4) is 0 Å². The number of rotatable bonds is 4. The third-order valence-electron chi connectivity index (χ3n) is 5.38. The first-order chi connectivity index (χ1) is 14.1. The highest BCUT2D eigenvalue weighted by Crippen LogP contribution is 2.29. The lowest BCUT2D eigenvalue weighted by Crippen LogP contribution is -2.54. The Morgan fingerprint density at radius 3 is 2.69 bits per heavy atom. The van der Waals surface area contributed by atoms with Gasteiger partial charge in [-0.2, -0.15) is 5.10 Å². The van der Waals surface area contributed by atoms with E-state index in [1.165, 1.54) is 12.5 Å². The van der Waals surface area contributed by atoms with Crippen molar-refractivity contribution in [2.24, 2.45) is 5.10 Å². The van der Waals surface area contributed by atoms with Crippen LogP contribution in [-0.4, -0.2) is 47.5 Å². The molecule has 3 amide bonds. The van der Waals surface area contributed by atoms with Crippen LogP contribution >= 0.6 is 0 Å². The summed E-state index contributed by atoms with van der Waals surface area (Å²) in [6.45, 7) is 0.929. The number of likely N-dealkylation sites (tertiary alicyclic amines) is 1. The molecule has 0 spiro atoms. The molecule has 2 aliphatic heterocycles. The second-order valence-corrected chi connectivity index (χ2v) is 7.24.